The number of hydrogen-bond acceptors (Lipinski definition) is 5. The highest BCUT2D eigenvalue weighted by atomic mass is 16.5. The Hall–Kier alpha value is -1.10. The van der Waals surface area contributed by atoms with Gasteiger partial charge in [0.2, 0.25) is 0 Å². The highest BCUT2D eigenvalue weighted by Gasteiger charge is 2.53. The molecule has 0 aromatic carbocycles. The summed E-state index contributed by atoms with van der Waals surface area (Å²) in [5.41, 5.74) is 0.376. The third-order valence-corrected chi connectivity index (χ3v) is 12.7. The first-order valence-corrected chi connectivity index (χ1v) is 22.6. The summed E-state index contributed by atoms with van der Waals surface area (Å²) < 4.78 is 12.0. The molecule has 0 aromatic heterocycles. The summed E-state index contributed by atoms with van der Waals surface area (Å²) in [6.45, 7) is 12.4. The molecule has 5 nitrogen and oxygen atoms in total. The zero-order chi connectivity index (χ0) is 37.3. The number of aliphatic hydroxyl groups excluding tert-OH is 1. The molecule has 0 saturated heterocycles. The number of aliphatic hydroxyl groups is 1. The summed E-state index contributed by atoms with van der Waals surface area (Å²) in [5.74, 6) is 0.575. The number of esters is 2. The number of unbranched alkanes of at least 4 members (excludes halogenated alkanes) is 16. The smallest absolute Gasteiger partial charge is 0.306 e. The van der Waals surface area contributed by atoms with Gasteiger partial charge in [0, 0.05) is 19.4 Å². The fraction of sp³-hybridized carbons (Fsp3) is 0.957. The molecule has 0 aliphatic heterocycles. The van der Waals surface area contributed by atoms with Gasteiger partial charge in [-0.3, -0.25) is 9.59 Å². The minimum Gasteiger partial charge on any atom is -0.466 e. The Kier molecular flexibility index (Phi) is 24.1. The Bertz CT molecular complexity index is 888. The maximum atomic E-state index is 13.6. The molecule has 300 valence electrons. The van der Waals surface area contributed by atoms with E-state index >= 15 is 0 Å². The van der Waals surface area contributed by atoms with Crippen molar-refractivity contribution in [3.63, 3.8) is 0 Å². The van der Waals surface area contributed by atoms with Crippen LogP contribution in [0.1, 0.15) is 240 Å². The fourth-order valence-electron chi connectivity index (χ4n) is 10.5. The molecule has 2 bridgehead atoms. The zero-order valence-electron chi connectivity index (χ0n) is 34.8. The standard InChI is InChI=1S/C46H86O5/c1-6-9-12-15-18-21-24-34-50-42(48)28-31-45(5)36-40-35-44(4,30-25-33-47)38-46(37-40,39-45)32-29-43(49)51-41(26-22-19-16-13-10-7-2)27-23-20-17-14-11-8-3/h40-41,47H,6-39H2,1-5H3. The van der Waals surface area contributed by atoms with Gasteiger partial charge in [-0.1, -0.05) is 137 Å². The molecule has 2 rings (SSSR count). The first kappa shape index (κ1) is 46.1. The van der Waals surface area contributed by atoms with E-state index in [0.717, 1.165) is 83.5 Å². The van der Waals surface area contributed by atoms with Crippen LogP contribution in [0, 0.1) is 22.2 Å². The minimum atomic E-state index is -0.0369. The molecule has 2 fully saturated rings. The summed E-state index contributed by atoms with van der Waals surface area (Å²) in [6, 6.07) is 0. The first-order chi connectivity index (χ1) is 24.6. The maximum absolute atomic E-state index is 13.6. The third kappa shape index (κ3) is 20.2. The van der Waals surface area contributed by atoms with Crippen LogP contribution in [-0.2, 0) is 19.1 Å². The quantitative estimate of drug-likeness (QED) is 0.0554. The average molecular weight is 719 g/mol. The largest absolute Gasteiger partial charge is 0.466 e. The Morgan fingerprint density at radius 1 is 0.588 bits per heavy atom. The van der Waals surface area contributed by atoms with Crippen LogP contribution < -0.4 is 0 Å². The lowest BCUT2D eigenvalue weighted by Crippen LogP contribution is -2.48. The van der Waals surface area contributed by atoms with Gasteiger partial charge in [0.05, 0.1) is 6.61 Å². The molecule has 2 aliphatic rings. The van der Waals surface area contributed by atoms with Gasteiger partial charge in [0.1, 0.15) is 6.10 Å². The Labute approximate surface area is 316 Å². The van der Waals surface area contributed by atoms with Crippen LogP contribution >= 0.6 is 0 Å². The van der Waals surface area contributed by atoms with E-state index in [1.54, 1.807) is 0 Å². The van der Waals surface area contributed by atoms with Crippen LogP contribution in [0.4, 0.5) is 0 Å². The Balaban J connectivity index is 1.97. The van der Waals surface area contributed by atoms with E-state index in [9.17, 15) is 14.7 Å². The first-order valence-electron chi connectivity index (χ1n) is 22.6. The molecule has 1 N–H and O–H groups in total. The van der Waals surface area contributed by atoms with Crippen LogP contribution in [0.25, 0.3) is 0 Å². The molecular formula is C46H86O5. The van der Waals surface area contributed by atoms with Gasteiger partial charge >= 0.3 is 11.9 Å². The van der Waals surface area contributed by atoms with Gasteiger partial charge < -0.3 is 14.6 Å². The number of fused-ring (bicyclic) bond motifs is 2. The summed E-state index contributed by atoms with van der Waals surface area (Å²) in [4.78, 5) is 26.4. The molecule has 0 amide bonds. The molecule has 0 spiro atoms. The van der Waals surface area contributed by atoms with Crippen molar-refractivity contribution in [1.82, 2.24) is 0 Å². The lowest BCUT2D eigenvalue weighted by molar-refractivity contribution is -0.152. The molecule has 51 heavy (non-hydrogen) atoms. The predicted molar refractivity (Wildman–Crippen MR) is 215 cm³/mol. The zero-order valence-corrected chi connectivity index (χ0v) is 34.8. The van der Waals surface area contributed by atoms with E-state index in [0.29, 0.717) is 25.4 Å². The van der Waals surface area contributed by atoms with Crippen LogP contribution in [0.3, 0.4) is 0 Å². The molecule has 4 unspecified atom stereocenters. The van der Waals surface area contributed by atoms with Crippen molar-refractivity contribution in [3.05, 3.63) is 0 Å². The molecular weight excluding hydrogens is 633 g/mol. The normalized spacial score (nSPS) is 24.6. The van der Waals surface area contributed by atoms with Gasteiger partial charge in [0.15, 0.2) is 0 Å². The number of rotatable bonds is 32. The summed E-state index contributed by atoms with van der Waals surface area (Å²) >= 11 is 0. The number of carbonyl (C=O) groups excluding carboxylic acids is 2. The topological polar surface area (TPSA) is 72.8 Å². The van der Waals surface area contributed by atoms with Crippen molar-refractivity contribution in [2.45, 2.75) is 246 Å². The van der Waals surface area contributed by atoms with E-state index in [1.165, 1.54) is 109 Å². The molecule has 0 heterocycles. The van der Waals surface area contributed by atoms with E-state index < -0.39 is 0 Å². The fourth-order valence-corrected chi connectivity index (χ4v) is 10.5. The van der Waals surface area contributed by atoms with E-state index in [4.69, 9.17) is 9.47 Å². The average Bonchev–Trinajstić information content (AvgIpc) is 3.09. The third-order valence-electron chi connectivity index (χ3n) is 12.7. The van der Waals surface area contributed by atoms with E-state index in [-0.39, 0.29) is 40.9 Å². The second kappa shape index (κ2) is 26.6. The lowest BCUT2D eigenvalue weighted by atomic mass is 9.47. The van der Waals surface area contributed by atoms with E-state index in [2.05, 4.69) is 34.6 Å². The number of hydrogen-bond donors (Lipinski definition) is 1. The van der Waals surface area contributed by atoms with Crippen LogP contribution in [0.2, 0.25) is 0 Å². The molecule has 2 saturated carbocycles. The van der Waals surface area contributed by atoms with Gasteiger partial charge in [-0.15, -0.1) is 0 Å². The summed E-state index contributed by atoms with van der Waals surface area (Å²) in [5, 5.41) is 9.70. The highest BCUT2D eigenvalue weighted by molar-refractivity contribution is 5.70. The van der Waals surface area contributed by atoms with Crippen molar-refractivity contribution in [1.29, 1.82) is 0 Å². The van der Waals surface area contributed by atoms with Gasteiger partial charge in [-0.2, -0.15) is 0 Å². The number of carbonyl (C=O) groups is 2. The van der Waals surface area contributed by atoms with Crippen molar-refractivity contribution < 1.29 is 24.2 Å². The Morgan fingerprint density at radius 3 is 1.59 bits per heavy atom. The maximum Gasteiger partial charge on any atom is 0.306 e. The SMILES string of the molecule is CCCCCCCCCOC(=O)CCC1(C)CC2CC(C)(CCCO)CC(CCC(=O)OC(CCCCCCCC)CCCCCCCC)(C2)C1. The molecule has 0 aromatic rings. The van der Waals surface area contributed by atoms with Crippen molar-refractivity contribution in [2.75, 3.05) is 13.2 Å². The summed E-state index contributed by atoms with van der Waals surface area (Å²) in [6.07, 6.45) is 36.2. The Morgan fingerprint density at radius 2 is 1.06 bits per heavy atom. The molecule has 0 radical (unpaired) electrons. The van der Waals surface area contributed by atoms with Gasteiger partial charge in [-0.25, -0.2) is 0 Å². The summed E-state index contributed by atoms with van der Waals surface area (Å²) in [7, 11) is 0. The van der Waals surface area contributed by atoms with Crippen molar-refractivity contribution in [3.8, 4) is 0 Å². The van der Waals surface area contributed by atoms with Crippen molar-refractivity contribution >= 4 is 11.9 Å². The van der Waals surface area contributed by atoms with Crippen molar-refractivity contribution in [2.24, 2.45) is 22.2 Å². The van der Waals surface area contributed by atoms with Gasteiger partial charge in [-0.05, 0) is 112 Å². The second-order valence-electron chi connectivity index (χ2n) is 18.3. The van der Waals surface area contributed by atoms with Crippen LogP contribution in [0.5, 0.6) is 0 Å². The predicted octanol–water partition coefficient (Wildman–Crippen LogP) is 13.6. The monoisotopic (exact) mass is 719 g/mol. The van der Waals surface area contributed by atoms with Gasteiger partial charge in [0.25, 0.3) is 0 Å². The van der Waals surface area contributed by atoms with Crippen LogP contribution in [-0.4, -0.2) is 36.4 Å². The van der Waals surface area contributed by atoms with E-state index in [1.807, 2.05) is 0 Å². The number of ether oxygens (including phenoxy) is 2. The second-order valence-corrected chi connectivity index (χ2v) is 18.3. The minimum absolute atomic E-state index is 0.00624. The lowest BCUT2D eigenvalue weighted by Gasteiger charge is -2.58. The van der Waals surface area contributed by atoms with Crippen LogP contribution in [0.15, 0.2) is 0 Å². The molecule has 5 heteroatoms. The highest BCUT2D eigenvalue weighted by Crippen LogP contribution is 2.64. The molecule has 2 aliphatic carbocycles. The molecule has 4 atom stereocenters.